The standard InChI is InChI=1S/C16H31N5/c1-7-9-12-20(5)16(17-8-2)18-11-10-15-13(3)19-21(6)14(15)4/h7-12H2,1-6H3,(H,17,18). The molecule has 1 heterocycles. The highest BCUT2D eigenvalue weighted by molar-refractivity contribution is 5.79. The molecule has 0 aliphatic heterocycles. The second-order valence-corrected chi connectivity index (χ2v) is 5.53. The van der Waals surface area contributed by atoms with Crippen molar-refractivity contribution in [3.05, 3.63) is 17.0 Å². The van der Waals surface area contributed by atoms with Gasteiger partial charge >= 0.3 is 0 Å². The summed E-state index contributed by atoms with van der Waals surface area (Å²) in [5.41, 5.74) is 3.69. The molecule has 1 rings (SSSR count). The number of hydrogen-bond donors (Lipinski definition) is 1. The Kier molecular flexibility index (Phi) is 7.26. The molecule has 0 radical (unpaired) electrons. The highest BCUT2D eigenvalue weighted by atomic mass is 15.3. The first-order valence-electron chi connectivity index (χ1n) is 7.99. The maximum atomic E-state index is 4.75. The van der Waals surface area contributed by atoms with E-state index >= 15 is 0 Å². The second-order valence-electron chi connectivity index (χ2n) is 5.53. The van der Waals surface area contributed by atoms with Crippen LogP contribution in [0.5, 0.6) is 0 Å². The highest BCUT2D eigenvalue weighted by Crippen LogP contribution is 2.12. The molecule has 0 bridgehead atoms. The van der Waals surface area contributed by atoms with Crippen LogP contribution in [-0.2, 0) is 13.5 Å². The first-order chi connectivity index (χ1) is 10.0. The second kappa shape index (κ2) is 8.70. The molecule has 0 saturated carbocycles. The fraction of sp³-hybridized carbons (Fsp3) is 0.750. The first-order valence-corrected chi connectivity index (χ1v) is 7.99. The molecule has 0 amide bonds. The van der Waals surface area contributed by atoms with E-state index in [2.05, 4.69) is 50.1 Å². The summed E-state index contributed by atoms with van der Waals surface area (Å²) in [6, 6.07) is 0. The molecule has 120 valence electrons. The Morgan fingerprint density at radius 3 is 2.57 bits per heavy atom. The molecule has 0 saturated heterocycles. The van der Waals surface area contributed by atoms with Gasteiger partial charge in [-0.3, -0.25) is 9.67 Å². The predicted molar refractivity (Wildman–Crippen MR) is 89.9 cm³/mol. The Labute approximate surface area is 129 Å². The maximum Gasteiger partial charge on any atom is 0.193 e. The van der Waals surface area contributed by atoms with Crippen LogP contribution in [0.25, 0.3) is 0 Å². The van der Waals surface area contributed by atoms with E-state index < -0.39 is 0 Å². The van der Waals surface area contributed by atoms with Gasteiger partial charge in [0.1, 0.15) is 0 Å². The number of aryl methyl sites for hydroxylation is 2. The molecule has 5 nitrogen and oxygen atoms in total. The Balaban J connectivity index is 2.65. The molecule has 0 atom stereocenters. The fourth-order valence-corrected chi connectivity index (χ4v) is 2.42. The van der Waals surface area contributed by atoms with Gasteiger partial charge in [-0.25, -0.2) is 0 Å². The number of hydrogen-bond acceptors (Lipinski definition) is 2. The van der Waals surface area contributed by atoms with E-state index in [1.165, 1.54) is 24.1 Å². The van der Waals surface area contributed by atoms with Gasteiger partial charge in [0, 0.05) is 39.4 Å². The lowest BCUT2D eigenvalue weighted by Crippen LogP contribution is -2.39. The van der Waals surface area contributed by atoms with E-state index in [9.17, 15) is 0 Å². The number of nitrogens with zero attached hydrogens (tertiary/aromatic N) is 4. The van der Waals surface area contributed by atoms with E-state index in [1.54, 1.807) is 0 Å². The summed E-state index contributed by atoms with van der Waals surface area (Å²) in [6.45, 7) is 11.3. The Bertz CT molecular complexity index is 461. The molecule has 1 N–H and O–H groups in total. The van der Waals surface area contributed by atoms with Gasteiger partial charge in [0.15, 0.2) is 5.96 Å². The van der Waals surface area contributed by atoms with E-state index in [4.69, 9.17) is 4.99 Å². The molecule has 1 aromatic rings. The lowest BCUT2D eigenvalue weighted by atomic mass is 10.1. The van der Waals surface area contributed by atoms with Crippen LogP contribution in [0, 0.1) is 13.8 Å². The summed E-state index contributed by atoms with van der Waals surface area (Å²) < 4.78 is 1.95. The number of nitrogens with one attached hydrogen (secondary N) is 1. The minimum Gasteiger partial charge on any atom is -0.357 e. The zero-order valence-corrected chi connectivity index (χ0v) is 14.5. The zero-order valence-electron chi connectivity index (χ0n) is 14.5. The molecule has 5 heteroatoms. The molecule has 0 unspecified atom stereocenters. The summed E-state index contributed by atoms with van der Waals surface area (Å²) in [4.78, 5) is 6.97. The zero-order chi connectivity index (χ0) is 15.8. The van der Waals surface area contributed by atoms with Crippen molar-refractivity contribution in [3.63, 3.8) is 0 Å². The molecule has 0 aliphatic carbocycles. The molecule has 0 aliphatic rings. The van der Waals surface area contributed by atoms with Crippen LogP contribution in [0.4, 0.5) is 0 Å². The molecular formula is C16H31N5. The van der Waals surface area contributed by atoms with Crippen LogP contribution in [0.1, 0.15) is 43.6 Å². The molecule has 0 spiro atoms. The molecule has 0 fully saturated rings. The summed E-state index contributed by atoms with van der Waals surface area (Å²) in [6.07, 6.45) is 3.35. The minimum absolute atomic E-state index is 0.798. The molecule has 21 heavy (non-hydrogen) atoms. The fourth-order valence-electron chi connectivity index (χ4n) is 2.42. The van der Waals surface area contributed by atoms with Crippen LogP contribution in [0.2, 0.25) is 0 Å². The minimum atomic E-state index is 0.798. The number of rotatable bonds is 7. The van der Waals surface area contributed by atoms with Gasteiger partial charge in [-0.1, -0.05) is 13.3 Å². The Morgan fingerprint density at radius 2 is 2.05 bits per heavy atom. The Hall–Kier alpha value is -1.52. The van der Waals surface area contributed by atoms with Crippen molar-refractivity contribution in [1.82, 2.24) is 20.0 Å². The van der Waals surface area contributed by atoms with E-state index in [1.807, 2.05) is 11.7 Å². The van der Waals surface area contributed by atoms with Crippen molar-refractivity contribution in [2.75, 3.05) is 26.7 Å². The van der Waals surface area contributed by atoms with Gasteiger partial charge in [-0.2, -0.15) is 5.10 Å². The first kappa shape index (κ1) is 17.5. The number of unbranched alkanes of at least 4 members (excludes halogenated alkanes) is 1. The third-order valence-corrected chi connectivity index (χ3v) is 3.83. The van der Waals surface area contributed by atoms with Gasteiger partial charge in [0.05, 0.1) is 5.69 Å². The molecule has 0 aromatic carbocycles. The van der Waals surface area contributed by atoms with Crippen molar-refractivity contribution >= 4 is 5.96 Å². The van der Waals surface area contributed by atoms with Crippen LogP contribution in [0.3, 0.4) is 0 Å². The van der Waals surface area contributed by atoms with Gasteiger partial charge in [-0.05, 0) is 39.2 Å². The summed E-state index contributed by atoms with van der Waals surface area (Å²) in [5, 5.41) is 7.83. The van der Waals surface area contributed by atoms with E-state index in [0.29, 0.717) is 0 Å². The summed E-state index contributed by atoms with van der Waals surface area (Å²) in [5.74, 6) is 1.00. The Morgan fingerprint density at radius 1 is 1.33 bits per heavy atom. The number of aliphatic imine (C=N–C) groups is 1. The van der Waals surface area contributed by atoms with Gasteiger partial charge in [-0.15, -0.1) is 0 Å². The topological polar surface area (TPSA) is 45.5 Å². The van der Waals surface area contributed by atoms with Crippen LogP contribution in [-0.4, -0.2) is 47.3 Å². The van der Waals surface area contributed by atoms with Crippen molar-refractivity contribution in [2.45, 2.75) is 47.0 Å². The molecule has 1 aromatic heterocycles. The van der Waals surface area contributed by atoms with E-state index in [0.717, 1.165) is 37.7 Å². The lowest BCUT2D eigenvalue weighted by Gasteiger charge is -2.21. The van der Waals surface area contributed by atoms with Crippen LogP contribution < -0.4 is 5.32 Å². The lowest BCUT2D eigenvalue weighted by molar-refractivity contribution is 0.465. The van der Waals surface area contributed by atoms with Crippen molar-refractivity contribution in [2.24, 2.45) is 12.0 Å². The highest BCUT2D eigenvalue weighted by Gasteiger charge is 2.09. The monoisotopic (exact) mass is 293 g/mol. The maximum absolute atomic E-state index is 4.75. The van der Waals surface area contributed by atoms with E-state index in [-0.39, 0.29) is 0 Å². The van der Waals surface area contributed by atoms with Gasteiger partial charge in [0.2, 0.25) is 0 Å². The number of aromatic nitrogens is 2. The molecular weight excluding hydrogens is 262 g/mol. The third-order valence-electron chi connectivity index (χ3n) is 3.83. The average Bonchev–Trinajstić information content (AvgIpc) is 2.69. The van der Waals surface area contributed by atoms with Crippen molar-refractivity contribution < 1.29 is 0 Å². The predicted octanol–water partition coefficient (Wildman–Crippen LogP) is 2.28. The van der Waals surface area contributed by atoms with Crippen molar-refractivity contribution in [1.29, 1.82) is 0 Å². The van der Waals surface area contributed by atoms with Crippen LogP contribution in [0.15, 0.2) is 4.99 Å². The third kappa shape index (κ3) is 5.06. The average molecular weight is 293 g/mol. The van der Waals surface area contributed by atoms with Gasteiger partial charge in [0.25, 0.3) is 0 Å². The van der Waals surface area contributed by atoms with Crippen molar-refractivity contribution in [3.8, 4) is 0 Å². The number of guanidine groups is 1. The normalized spacial score (nSPS) is 11.8. The largest absolute Gasteiger partial charge is 0.357 e. The quantitative estimate of drug-likeness (QED) is 0.619. The van der Waals surface area contributed by atoms with Crippen LogP contribution >= 0.6 is 0 Å². The SMILES string of the molecule is CCCCN(C)C(=NCCc1c(C)nn(C)c1C)NCC. The summed E-state index contributed by atoms with van der Waals surface area (Å²) in [7, 11) is 4.11. The van der Waals surface area contributed by atoms with Gasteiger partial charge < -0.3 is 10.2 Å². The smallest absolute Gasteiger partial charge is 0.193 e. The summed E-state index contributed by atoms with van der Waals surface area (Å²) >= 11 is 0.